The summed E-state index contributed by atoms with van der Waals surface area (Å²) in [6.07, 6.45) is 5.55. The van der Waals surface area contributed by atoms with E-state index in [1.165, 1.54) is 5.56 Å². The highest BCUT2D eigenvalue weighted by molar-refractivity contribution is 5.94. The van der Waals surface area contributed by atoms with Crippen molar-refractivity contribution in [3.05, 3.63) is 53.7 Å². The zero-order valence-electron chi connectivity index (χ0n) is 15.7. The van der Waals surface area contributed by atoms with Crippen molar-refractivity contribution in [1.29, 1.82) is 0 Å². The van der Waals surface area contributed by atoms with Crippen LogP contribution in [0, 0.1) is 0 Å². The zero-order chi connectivity index (χ0) is 18.9. The molecule has 1 unspecified atom stereocenters. The van der Waals surface area contributed by atoms with Crippen LogP contribution in [0.5, 0.6) is 5.75 Å². The molecule has 1 fully saturated rings. The fraction of sp³-hybridized carbons (Fsp3) is 0.429. The molecule has 0 radical (unpaired) electrons. The molecule has 0 spiro atoms. The van der Waals surface area contributed by atoms with Crippen LogP contribution in [0.15, 0.2) is 42.6 Å². The van der Waals surface area contributed by atoms with E-state index >= 15 is 0 Å². The first-order chi connectivity index (χ1) is 13.2. The van der Waals surface area contributed by atoms with Gasteiger partial charge in [-0.2, -0.15) is 0 Å². The van der Waals surface area contributed by atoms with Crippen LogP contribution in [-0.4, -0.2) is 43.8 Å². The van der Waals surface area contributed by atoms with Crippen LogP contribution in [0.2, 0.25) is 0 Å². The van der Waals surface area contributed by atoms with Gasteiger partial charge in [0, 0.05) is 19.3 Å². The third-order valence-corrected chi connectivity index (χ3v) is 4.62. The molecule has 1 saturated heterocycles. The number of amides is 1. The maximum atomic E-state index is 12.2. The average Bonchev–Trinajstić information content (AvgIpc) is 2.73. The van der Waals surface area contributed by atoms with Crippen molar-refractivity contribution >= 4 is 11.7 Å². The number of ether oxygens (including phenoxy) is 2. The van der Waals surface area contributed by atoms with E-state index in [1.807, 2.05) is 30.3 Å². The molecule has 0 saturated carbocycles. The molecule has 1 aromatic heterocycles. The number of rotatable bonds is 8. The van der Waals surface area contributed by atoms with Crippen molar-refractivity contribution < 1.29 is 14.3 Å². The Bertz CT molecular complexity index is 710. The third kappa shape index (κ3) is 5.96. The third-order valence-electron chi connectivity index (χ3n) is 4.62. The van der Waals surface area contributed by atoms with Crippen LogP contribution >= 0.6 is 0 Å². The highest BCUT2D eigenvalue weighted by Crippen LogP contribution is 2.14. The standard InChI is InChI=1S/C21H27N3O3/c1-26-19-9-6-16(7-10-19)4-2-12-22-21(25)17-8-11-20(23-14-17)24-18-5-3-13-27-15-18/h6-11,14,18H,2-5,12-13,15H2,1H3,(H,22,25)(H,23,24). The molecular formula is C21H27N3O3. The Kier molecular flexibility index (Phi) is 7.04. The summed E-state index contributed by atoms with van der Waals surface area (Å²) in [5, 5.41) is 6.30. The van der Waals surface area contributed by atoms with Gasteiger partial charge in [-0.25, -0.2) is 4.98 Å². The molecule has 6 nitrogen and oxygen atoms in total. The molecule has 144 valence electrons. The smallest absolute Gasteiger partial charge is 0.252 e. The summed E-state index contributed by atoms with van der Waals surface area (Å²) in [5.41, 5.74) is 1.80. The molecule has 2 aromatic rings. The molecule has 1 atom stereocenters. The number of carbonyl (C=O) groups is 1. The van der Waals surface area contributed by atoms with E-state index in [0.717, 1.165) is 43.9 Å². The van der Waals surface area contributed by atoms with E-state index in [2.05, 4.69) is 15.6 Å². The number of benzene rings is 1. The van der Waals surface area contributed by atoms with Gasteiger partial charge in [0.05, 0.1) is 25.3 Å². The summed E-state index contributed by atoms with van der Waals surface area (Å²) in [4.78, 5) is 16.6. The largest absolute Gasteiger partial charge is 0.497 e. The molecule has 1 aromatic carbocycles. The van der Waals surface area contributed by atoms with Gasteiger partial charge in [0.15, 0.2) is 0 Å². The van der Waals surface area contributed by atoms with Gasteiger partial charge in [-0.05, 0) is 55.5 Å². The van der Waals surface area contributed by atoms with E-state index in [1.54, 1.807) is 19.4 Å². The van der Waals surface area contributed by atoms with Crippen LogP contribution in [0.25, 0.3) is 0 Å². The molecule has 2 N–H and O–H groups in total. The number of hydrogen-bond acceptors (Lipinski definition) is 5. The first-order valence-electron chi connectivity index (χ1n) is 9.46. The van der Waals surface area contributed by atoms with Gasteiger partial charge < -0.3 is 20.1 Å². The van der Waals surface area contributed by atoms with E-state index in [9.17, 15) is 4.79 Å². The Morgan fingerprint density at radius 1 is 1.26 bits per heavy atom. The number of anilines is 1. The minimum Gasteiger partial charge on any atom is -0.497 e. The van der Waals surface area contributed by atoms with Gasteiger partial charge >= 0.3 is 0 Å². The molecule has 27 heavy (non-hydrogen) atoms. The van der Waals surface area contributed by atoms with Gasteiger partial charge in [0.2, 0.25) is 0 Å². The Morgan fingerprint density at radius 2 is 2.11 bits per heavy atom. The fourth-order valence-corrected chi connectivity index (χ4v) is 3.07. The fourth-order valence-electron chi connectivity index (χ4n) is 3.07. The molecular weight excluding hydrogens is 342 g/mol. The molecule has 3 rings (SSSR count). The summed E-state index contributed by atoms with van der Waals surface area (Å²) >= 11 is 0. The minimum atomic E-state index is -0.0928. The predicted octanol–water partition coefficient (Wildman–Crippen LogP) is 3.04. The molecule has 2 heterocycles. The second kappa shape index (κ2) is 9.92. The lowest BCUT2D eigenvalue weighted by Crippen LogP contribution is -2.30. The predicted molar refractivity (Wildman–Crippen MR) is 105 cm³/mol. The van der Waals surface area contributed by atoms with Gasteiger partial charge in [-0.1, -0.05) is 12.1 Å². The highest BCUT2D eigenvalue weighted by atomic mass is 16.5. The first-order valence-corrected chi connectivity index (χ1v) is 9.46. The van der Waals surface area contributed by atoms with Gasteiger partial charge in [0.1, 0.15) is 11.6 Å². The lowest BCUT2D eigenvalue weighted by atomic mass is 10.1. The summed E-state index contributed by atoms with van der Waals surface area (Å²) in [7, 11) is 1.66. The maximum absolute atomic E-state index is 12.2. The first kappa shape index (κ1) is 19.2. The van der Waals surface area contributed by atoms with Crippen LogP contribution in [-0.2, 0) is 11.2 Å². The summed E-state index contributed by atoms with van der Waals surface area (Å²) in [5.74, 6) is 1.54. The Labute approximate surface area is 160 Å². The Balaban J connectivity index is 1.39. The van der Waals surface area contributed by atoms with Crippen LogP contribution in [0.3, 0.4) is 0 Å². The van der Waals surface area contributed by atoms with Crippen molar-refractivity contribution in [2.75, 3.05) is 32.2 Å². The number of aromatic nitrogens is 1. The Morgan fingerprint density at radius 3 is 2.78 bits per heavy atom. The number of hydrogen-bond donors (Lipinski definition) is 2. The summed E-state index contributed by atoms with van der Waals surface area (Å²) < 4.78 is 10.6. The van der Waals surface area contributed by atoms with Crippen molar-refractivity contribution in [3.63, 3.8) is 0 Å². The van der Waals surface area contributed by atoms with Gasteiger partial charge in [-0.3, -0.25) is 4.79 Å². The quantitative estimate of drug-likeness (QED) is 0.700. The Hall–Kier alpha value is -2.60. The molecule has 1 aliphatic rings. The van der Waals surface area contributed by atoms with E-state index in [0.29, 0.717) is 24.8 Å². The van der Waals surface area contributed by atoms with Crippen LogP contribution in [0.4, 0.5) is 5.82 Å². The minimum absolute atomic E-state index is 0.0928. The molecule has 0 bridgehead atoms. The van der Waals surface area contributed by atoms with E-state index in [4.69, 9.17) is 9.47 Å². The molecule has 1 amide bonds. The number of carbonyl (C=O) groups excluding carboxylic acids is 1. The summed E-state index contributed by atoms with van der Waals surface area (Å²) in [6, 6.07) is 12.0. The second-order valence-electron chi connectivity index (χ2n) is 6.70. The number of pyridine rings is 1. The van der Waals surface area contributed by atoms with E-state index in [-0.39, 0.29) is 5.91 Å². The number of nitrogens with one attached hydrogen (secondary N) is 2. The highest BCUT2D eigenvalue weighted by Gasteiger charge is 2.14. The zero-order valence-corrected chi connectivity index (χ0v) is 15.7. The topological polar surface area (TPSA) is 72.5 Å². The maximum Gasteiger partial charge on any atom is 0.252 e. The molecule has 6 heteroatoms. The normalized spacial score (nSPS) is 16.6. The molecule has 1 aliphatic heterocycles. The summed E-state index contributed by atoms with van der Waals surface area (Å²) in [6.45, 7) is 2.17. The van der Waals surface area contributed by atoms with Crippen molar-refractivity contribution in [3.8, 4) is 5.75 Å². The SMILES string of the molecule is COc1ccc(CCCNC(=O)c2ccc(NC3CCCOC3)nc2)cc1. The van der Waals surface area contributed by atoms with Crippen LogP contribution in [0.1, 0.15) is 35.2 Å². The van der Waals surface area contributed by atoms with Gasteiger partial charge in [-0.15, -0.1) is 0 Å². The second-order valence-corrected chi connectivity index (χ2v) is 6.70. The van der Waals surface area contributed by atoms with Gasteiger partial charge in [0.25, 0.3) is 5.91 Å². The molecule has 0 aliphatic carbocycles. The van der Waals surface area contributed by atoms with Crippen molar-refractivity contribution in [2.24, 2.45) is 0 Å². The number of nitrogens with zero attached hydrogens (tertiary/aromatic N) is 1. The lowest BCUT2D eigenvalue weighted by Gasteiger charge is -2.23. The number of methoxy groups -OCH3 is 1. The lowest BCUT2D eigenvalue weighted by molar-refractivity contribution is 0.0875. The monoisotopic (exact) mass is 369 g/mol. The average molecular weight is 369 g/mol. The number of aryl methyl sites for hydroxylation is 1. The van der Waals surface area contributed by atoms with Crippen LogP contribution < -0.4 is 15.4 Å². The van der Waals surface area contributed by atoms with E-state index < -0.39 is 0 Å². The van der Waals surface area contributed by atoms with Crippen molar-refractivity contribution in [2.45, 2.75) is 31.7 Å². The van der Waals surface area contributed by atoms with Crippen molar-refractivity contribution in [1.82, 2.24) is 10.3 Å².